The van der Waals surface area contributed by atoms with E-state index in [0.29, 0.717) is 18.2 Å². The summed E-state index contributed by atoms with van der Waals surface area (Å²) in [5.41, 5.74) is 0. The van der Waals surface area contributed by atoms with Crippen molar-refractivity contribution in [1.29, 1.82) is 0 Å². The third-order valence-corrected chi connectivity index (χ3v) is 2.65. The molecule has 1 aromatic rings. The third kappa shape index (κ3) is 2.76. The molecule has 2 heterocycles. The highest BCUT2D eigenvalue weighted by molar-refractivity contribution is 4.96. The molecule has 1 unspecified atom stereocenters. The topological polar surface area (TPSA) is 71.2 Å². The summed E-state index contributed by atoms with van der Waals surface area (Å²) >= 11 is 0. The van der Waals surface area contributed by atoms with Crippen LogP contribution in [-0.2, 0) is 6.42 Å². The van der Waals surface area contributed by atoms with Crippen molar-refractivity contribution < 1.29 is 9.63 Å². The molecule has 1 aromatic heterocycles. The first kappa shape index (κ1) is 10.6. The molecule has 0 aliphatic carbocycles. The lowest BCUT2D eigenvalue weighted by Crippen LogP contribution is -2.26. The molecule has 0 aromatic carbocycles. The maximum atomic E-state index is 9.19. The second-order valence-corrected chi connectivity index (χ2v) is 4.13. The van der Waals surface area contributed by atoms with E-state index in [1.54, 1.807) is 6.92 Å². The molecule has 1 atom stereocenters. The Kier molecular flexibility index (Phi) is 3.33. The fourth-order valence-electron chi connectivity index (χ4n) is 1.85. The molecular formula is C10H17N3O2. The van der Waals surface area contributed by atoms with Gasteiger partial charge in [0.2, 0.25) is 5.89 Å². The van der Waals surface area contributed by atoms with Gasteiger partial charge in [0.1, 0.15) is 0 Å². The fourth-order valence-corrected chi connectivity index (χ4v) is 1.85. The minimum Gasteiger partial charge on any atom is -0.393 e. The number of aliphatic hydroxyl groups excluding tert-OH is 1. The van der Waals surface area contributed by atoms with E-state index in [-0.39, 0.29) is 0 Å². The van der Waals surface area contributed by atoms with Crippen molar-refractivity contribution in [3.63, 3.8) is 0 Å². The Balaban J connectivity index is 1.99. The van der Waals surface area contributed by atoms with Gasteiger partial charge in [0, 0.05) is 12.3 Å². The number of aliphatic hydroxyl groups is 1. The first-order valence-corrected chi connectivity index (χ1v) is 5.47. The van der Waals surface area contributed by atoms with Crippen LogP contribution < -0.4 is 5.32 Å². The van der Waals surface area contributed by atoms with E-state index in [0.717, 1.165) is 31.8 Å². The lowest BCUT2D eigenvalue weighted by atomic mass is 9.98. The van der Waals surface area contributed by atoms with Gasteiger partial charge in [-0.2, -0.15) is 4.98 Å². The van der Waals surface area contributed by atoms with Crippen LogP contribution in [0.4, 0.5) is 0 Å². The first-order chi connectivity index (χ1) is 7.25. The van der Waals surface area contributed by atoms with Gasteiger partial charge in [0.25, 0.3) is 0 Å². The lowest BCUT2D eigenvalue weighted by Gasteiger charge is -2.18. The van der Waals surface area contributed by atoms with Crippen molar-refractivity contribution in [3.05, 3.63) is 11.7 Å². The van der Waals surface area contributed by atoms with Crippen LogP contribution in [0, 0.1) is 0 Å². The Hall–Kier alpha value is -0.940. The molecule has 0 spiro atoms. The van der Waals surface area contributed by atoms with Crippen LogP contribution in [0.3, 0.4) is 0 Å². The Morgan fingerprint density at radius 2 is 2.27 bits per heavy atom. The van der Waals surface area contributed by atoms with E-state index >= 15 is 0 Å². The molecule has 0 saturated carbocycles. The van der Waals surface area contributed by atoms with Crippen molar-refractivity contribution in [2.45, 2.75) is 38.2 Å². The summed E-state index contributed by atoms with van der Waals surface area (Å²) in [6.45, 7) is 3.75. The largest absolute Gasteiger partial charge is 0.393 e. The number of aromatic nitrogens is 2. The van der Waals surface area contributed by atoms with Crippen LogP contribution in [0.5, 0.6) is 0 Å². The van der Waals surface area contributed by atoms with Crippen LogP contribution in [0.25, 0.3) is 0 Å². The number of rotatable bonds is 3. The molecule has 2 N–H and O–H groups in total. The standard InChI is InChI=1S/C10H17N3O2/c1-7(14)6-9-12-10(15-13-9)8-2-4-11-5-3-8/h7-8,11,14H,2-6H2,1H3. The van der Waals surface area contributed by atoms with E-state index in [1.807, 2.05) is 0 Å². The van der Waals surface area contributed by atoms with E-state index in [2.05, 4.69) is 15.5 Å². The van der Waals surface area contributed by atoms with Crippen molar-refractivity contribution in [2.24, 2.45) is 0 Å². The zero-order chi connectivity index (χ0) is 10.7. The number of piperidine rings is 1. The van der Waals surface area contributed by atoms with E-state index in [1.165, 1.54) is 0 Å². The van der Waals surface area contributed by atoms with E-state index in [4.69, 9.17) is 4.52 Å². The quantitative estimate of drug-likeness (QED) is 0.760. The average molecular weight is 211 g/mol. The maximum absolute atomic E-state index is 9.19. The zero-order valence-corrected chi connectivity index (χ0v) is 8.94. The molecule has 1 fully saturated rings. The monoisotopic (exact) mass is 211 g/mol. The highest BCUT2D eigenvalue weighted by atomic mass is 16.5. The summed E-state index contributed by atoms with van der Waals surface area (Å²) < 4.78 is 5.20. The van der Waals surface area contributed by atoms with Crippen molar-refractivity contribution >= 4 is 0 Å². The fraction of sp³-hybridized carbons (Fsp3) is 0.800. The van der Waals surface area contributed by atoms with Gasteiger partial charge in [-0.1, -0.05) is 5.16 Å². The predicted molar refractivity (Wildman–Crippen MR) is 54.5 cm³/mol. The summed E-state index contributed by atoms with van der Waals surface area (Å²) in [6.07, 6.45) is 2.16. The molecule has 1 saturated heterocycles. The minimum absolute atomic E-state index is 0.390. The summed E-state index contributed by atoms with van der Waals surface area (Å²) in [5, 5.41) is 16.4. The average Bonchev–Trinajstić information content (AvgIpc) is 2.67. The molecule has 84 valence electrons. The lowest BCUT2D eigenvalue weighted by molar-refractivity contribution is 0.191. The van der Waals surface area contributed by atoms with Crippen molar-refractivity contribution in [1.82, 2.24) is 15.5 Å². The highest BCUT2D eigenvalue weighted by Gasteiger charge is 2.21. The van der Waals surface area contributed by atoms with Gasteiger partial charge < -0.3 is 14.9 Å². The first-order valence-electron chi connectivity index (χ1n) is 5.47. The molecule has 0 radical (unpaired) electrons. The molecule has 1 aliphatic heterocycles. The van der Waals surface area contributed by atoms with Gasteiger partial charge >= 0.3 is 0 Å². The SMILES string of the molecule is CC(O)Cc1noc(C2CCNCC2)n1. The van der Waals surface area contributed by atoms with Crippen LogP contribution >= 0.6 is 0 Å². The van der Waals surface area contributed by atoms with Gasteiger partial charge in [0.15, 0.2) is 5.82 Å². The van der Waals surface area contributed by atoms with Crippen molar-refractivity contribution in [2.75, 3.05) is 13.1 Å². The molecule has 5 nitrogen and oxygen atoms in total. The zero-order valence-electron chi connectivity index (χ0n) is 8.94. The van der Waals surface area contributed by atoms with E-state index < -0.39 is 6.10 Å². The molecule has 0 amide bonds. The number of hydrogen-bond donors (Lipinski definition) is 2. The summed E-state index contributed by atoms with van der Waals surface area (Å²) in [5.74, 6) is 1.73. The molecule has 5 heteroatoms. The Morgan fingerprint density at radius 1 is 1.53 bits per heavy atom. The van der Waals surface area contributed by atoms with Crippen LogP contribution in [0.2, 0.25) is 0 Å². The van der Waals surface area contributed by atoms with Gasteiger partial charge in [-0.25, -0.2) is 0 Å². The Morgan fingerprint density at radius 3 is 2.93 bits per heavy atom. The predicted octanol–water partition coefficient (Wildman–Crippen LogP) is 0.460. The molecule has 15 heavy (non-hydrogen) atoms. The summed E-state index contributed by atoms with van der Waals surface area (Å²) in [7, 11) is 0. The van der Waals surface area contributed by atoms with Crippen LogP contribution in [-0.4, -0.2) is 34.4 Å². The molecular weight excluding hydrogens is 194 g/mol. The van der Waals surface area contributed by atoms with Gasteiger partial charge in [-0.15, -0.1) is 0 Å². The summed E-state index contributed by atoms with van der Waals surface area (Å²) in [6, 6.07) is 0. The normalized spacial score (nSPS) is 20.4. The van der Waals surface area contributed by atoms with Crippen LogP contribution in [0.1, 0.15) is 37.4 Å². The molecule has 0 bridgehead atoms. The number of nitrogens with zero attached hydrogens (tertiary/aromatic N) is 2. The summed E-state index contributed by atoms with van der Waals surface area (Å²) in [4.78, 5) is 4.31. The second kappa shape index (κ2) is 4.72. The van der Waals surface area contributed by atoms with Crippen LogP contribution in [0.15, 0.2) is 4.52 Å². The molecule has 1 aliphatic rings. The van der Waals surface area contributed by atoms with Gasteiger partial charge in [-0.05, 0) is 32.9 Å². The second-order valence-electron chi connectivity index (χ2n) is 4.13. The Labute approximate surface area is 88.9 Å². The number of nitrogens with one attached hydrogen (secondary N) is 1. The maximum Gasteiger partial charge on any atom is 0.229 e. The van der Waals surface area contributed by atoms with Gasteiger partial charge in [0.05, 0.1) is 6.10 Å². The molecule has 2 rings (SSSR count). The Bertz CT molecular complexity index is 305. The third-order valence-electron chi connectivity index (χ3n) is 2.65. The minimum atomic E-state index is -0.413. The van der Waals surface area contributed by atoms with Crippen molar-refractivity contribution in [3.8, 4) is 0 Å². The number of hydrogen-bond acceptors (Lipinski definition) is 5. The highest BCUT2D eigenvalue weighted by Crippen LogP contribution is 2.23. The smallest absolute Gasteiger partial charge is 0.229 e. The van der Waals surface area contributed by atoms with Gasteiger partial charge in [-0.3, -0.25) is 0 Å². The van der Waals surface area contributed by atoms with E-state index in [9.17, 15) is 5.11 Å².